The maximum Gasteiger partial charge on any atom is 0.308 e. The Morgan fingerprint density at radius 1 is 1.23 bits per heavy atom. The Labute approximate surface area is 157 Å². The van der Waals surface area contributed by atoms with Gasteiger partial charge in [0.15, 0.2) is 0 Å². The van der Waals surface area contributed by atoms with Crippen LogP contribution in [0, 0.1) is 11.8 Å². The van der Waals surface area contributed by atoms with E-state index in [1.807, 2.05) is 38.1 Å². The maximum absolute atomic E-state index is 12.8. The molecule has 0 saturated carbocycles. The summed E-state index contributed by atoms with van der Waals surface area (Å²) in [7, 11) is -2.25. The largest absolute Gasteiger partial charge is 0.469 e. The van der Waals surface area contributed by atoms with Crippen molar-refractivity contribution in [2.24, 2.45) is 11.8 Å². The standard InChI is InChI=1S/C19H30N2O4S/c1-5-15-6-8-16(9-7-15)18(14(2)3)20-26(23,24)21-12-10-17(11-13-21)19(22)25-4/h6-9,14,17-18,20H,5,10-13H2,1-4H3/t18-/m1/s1. The number of piperidine rings is 1. The molecular weight excluding hydrogens is 352 g/mol. The molecule has 1 aliphatic rings. The molecule has 0 bridgehead atoms. The Balaban J connectivity index is 2.08. The molecular formula is C19H30N2O4S. The second-order valence-corrected chi connectivity index (χ2v) is 8.84. The summed E-state index contributed by atoms with van der Waals surface area (Å²) in [5.41, 5.74) is 2.19. The highest BCUT2D eigenvalue weighted by atomic mass is 32.2. The first-order valence-electron chi connectivity index (χ1n) is 9.22. The Hall–Kier alpha value is -1.44. The molecule has 1 saturated heterocycles. The van der Waals surface area contributed by atoms with Gasteiger partial charge in [-0.3, -0.25) is 4.79 Å². The molecule has 1 aliphatic heterocycles. The molecule has 1 heterocycles. The third-order valence-corrected chi connectivity index (χ3v) is 6.61. The fourth-order valence-corrected chi connectivity index (χ4v) is 4.85. The van der Waals surface area contributed by atoms with Crippen LogP contribution in [0.25, 0.3) is 0 Å². The zero-order valence-corrected chi connectivity index (χ0v) is 16.9. The van der Waals surface area contributed by atoms with Crippen LogP contribution in [0.1, 0.15) is 50.8 Å². The second-order valence-electron chi connectivity index (χ2n) is 7.14. The molecule has 6 nitrogen and oxygen atoms in total. The van der Waals surface area contributed by atoms with Crippen LogP contribution < -0.4 is 4.72 Å². The summed E-state index contributed by atoms with van der Waals surface area (Å²) in [5, 5.41) is 0. The van der Waals surface area contributed by atoms with E-state index in [1.54, 1.807) is 0 Å². The quantitative estimate of drug-likeness (QED) is 0.736. The summed E-state index contributed by atoms with van der Waals surface area (Å²) >= 11 is 0. The first-order chi connectivity index (χ1) is 12.3. The molecule has 0 spiro atoms. The van der Waals surface area contributed by atoms with Gasteiger partial charge in [0.25, 0.3) is 10.2 Å². The van der Waals surface area contributed by atoms with E-state index >= 15 is 0 Å². The van der Waals surface area contributed by atoms with Gasteiger partial charge in [0.1, 0.15) is 0 Å². The first-order valence-corrected chi connectivity index (χ1v) is 10.7. The van der Waals surface area contributed by atoms with Crippen molar-refractivity contribution in [1.82, 2.24) is 9.03 Å². The molecule has 1 N–H and O–H groups in total. The number of nitrogens with one attached hydrogen (secondary N) is 1. The highest BCUT2D eigenvalue weighted by Gasteiger charge is 2.33. The molecule has 1 atom stereocenters. The lowest BCUT2D eigenvalue weighted by Gasteiger charge is -2.32. The van der Waals surface area contributed by atoms with Crippen molar-refractivity contribution in [2.45, 2.75) is 46.1 Å². The fraction of sp³-hybridized carbons (Fsp3) is 0.632. The van der Waals surface area contributed by atoms with Gasteiger partial charge in [-0.05, 0) is 36.3 Å². The summed E-state index contributed by atoms with van der Waals surface area (Å²) in [6, 6.07) is 7.79. The van der Waals surface area contributed by atoms with Crippen LogP contribution in [-0.4, -0.2) is 38.9 Å². The molecule has 26 heavy (non-hydrogen) atoms. The van der Waals surface area contributed by atoms with E-state index in [1.165, 1.54) is 17.0 Å². The molecule has 0 radical (unpaired) electrons. The van der Waals surface area contributed by atoms with E-state index in [0.29, 0.717) is 25.9 Å². The van der Waals surface area contributed by atoms with Crippen molar-refractivity contribution >= 4 is 16.2 Å². The Morgan fingerprint density at radius 3 is 2.27 bits per heavy atom. The van der Waals surface area contributed by atoms with Crippen LogP contribution in [0.5, 0.6) is 0 Å². The highest BCUT2D eigenvalue weighted by Crippen LogP contribution is 2.26. The highest BCUT2D eigenvalue weighted by molar-refractivity contribution is 7.87. The van der Waals surface area contributed by atoms with E-state index < -0.39 is 10.2 Å². The van der Waals surface area contributed by atoms with Crippen LogP contribution in [0.4, 0.5) is 0 Å². The molecule has 0 unspecified atom stereocenters. The number of benzene rings is 1. The minimum atomic E-state index is -3.62. The molecule has 7 heteroatoms. The molecule has 1 aromatic rings. The lowest BCUT2D eigenvalue weighted by Crippen LogP contribution is -2.47. The summed E-state index contributed by atoms with van der Waals surface area (Å²) < 4.78 is 34.7. The Morgan fingerprint density at radius 2 is 1.81 bits per heavy atom. The number of methoxy groups -OCH3 is 1. The van der Waals surface area contributed by atoms with Gasteiger partial charge < -0.3 is 4.74 Å². The molecule has 1 fully saturated rings. The number of carbonyl (C=O) groups excluding carboxylic acids is 1. The van der Waals surface area contributed by atoms with Crippen LogP contribution in [0.2, 0.25) is 0 Å². The van der Waals surface area contributed by atoms with E-state index in [4.69, 9.17) is 4.74 Å². The van der Waals surface area contributed by atoms with Crippen LogP contribution in [-0.2, 0) is 26.2 Å². The maximum atomic E-state index is 12.8. The first kappa shape index (κ1) is 20.9. The summed E-state index contributed by atoms with van der Waals surface area (Å²) in [5.74, 6) is -0.357. The predicted molar refractivity (Wildman–Crippen MR) is 102 cm³/mol. The van der Waals surface area contributed by atoms with Crippen LogP contribution >= 0.6 is 0 Å². The zero-order valence-electron chi connectivity index (χ0n) is 16.1. The van der Waals surface area contributed by atoms with Crippen molar-refractivity contribution in [1.29, 1.82) is 0 Å². The van der Waals surface area contributed by atoms with Gasteiger partial charge in [-0.2, -0.15) is 17.4 Å². The lowest BCUT2D eigenvalue weighted by molar-refractivity contribution is -0.146. The number of rotatable bonds is 7. The normalized spacial score (nSPS) is 18.0. The second kappa shape index (κ2) is 8.97. The third kappa shape index (κ3) is 5.05. The van der Waals surface area contributed by atoms with Gasteiger partial charge in [0, 0.05) is 13.1 Å². The minimum Gasteiger partial charge on any atom is -0.469 e. The third-order valence-electron chi connectivity index (χ3n) is 5.02. The minimum absolute atomic E-state index is 0.116. The Bertz CT molecular complexity index is 693. The van der Waals surface area contributed by atoms with Crippen LogP contribution in [0.15, 0.2) is 24.3 Å². The molecule has 2 rings (SSSR count). The molecule has 0 amide bonds. The summed E-state index contributed by atoms with van der Waals surface area (Å²) in [6.45, 7) is 6.76. The molecule has 0 aliphatic carbocycles. The molecule has 146 valence electrons. The topological polar surface area (TPSA) is 75.7 Å². The number of hydrogen-bond acceptors (Lipinski definition) is 4. The van der Waals surface area contributed by atoms with Crippen molar-refractivity contribution in [3.05, 3.63) is 35.4 Å². The van der Waals surface area contributed by atoms with Crippen molar-refractivity contribution < 1.29 is 17.9 Å². The van der Waals surface area contributed by atoms with Gasteiger partial charge >= 0.3 is 5.97 Å². The van der Waals surface area contributed by atoms with Crippen molar-refractivity contribution in [3.63, 3.8) is 0 Å². The SMILES string of the molecule is CCc1ccc([C@H](NS(=O)(=O)N2CCC(C(=O)OC)CC2)C(C)C)cc1. The summed E-state index contributed by atoms with van der Waals surface area (Å²) in [6.07, 6.45) is 1.93. The van der Waals surface area contributed by atoms with Crippen molar-refractivity contribution in [3.8, 4) is 0 Å². The van der Waals surface area contributed by atoms with E-state index in [2.05, 4.69) is 11.6 Å². The van der Waals surface area contributed by atoms with E-state index in [9.17, 15) is 13.2 Å². The Kier molecular flexibility index (Phi) is 7.20. The van der Waals surface area contributed by atoms with Gasteiger partial charge in [-0.15, -0.1) is 0 Å². The van der Waals surface area contributed by atoms with Gasteiger partial charge in [0.05, 0.1) is 19.1 Å². The monoisotopic (exact) mass is 382 g/mol. The smallest absolute Gasteiger partial charge is 0.308 e. The number of hydrogen-bond donors (Lipinski definition) is 1. The predicted octanol–water partition coefficient (Wildman–Crippen LogP) is 2.67. The zero-order chi connectivity index (χ0) is 19.3. The number of nitrogens with zero attached hydrogens (tertiary/aromatic N) is 1. The number of ether oxygens (including phenoxy) is 1. The van der Waals surface area contributed by atoms with E-state index in [0.717, 1.165) is 12.0 Å². The molecule has 0 aromatic heterocycles. The molecule has 1 aromatic carbocycles. The van der Waals surface area contributed by atoms with Gasteiger partial charge in [0.2, 0.25) is 0 Å². The number of aryl methyl sites for hydroxylation is 1. The van der Waals surface area contributed by atoms with Gasteiger partial charge in [-0.25, -0.2) is 0 Å². The van der Waals surface area contributed by atoms with E-state index in [-0.39, 0.29) is 23.8 Å². The number of esters is 1. The fourth-order valence-electron chi connectivity index (χ4n) is 3.28. The summed E-state index contributed by atoms with van der Waals surface area (Å²) in [4.78, 5) is 11.6. The number of carbonyl (C=O) groups is 1. The van der Waals surface area contributed by atoms with Crippen LogP contribution in [0.3, 0.4) is 0 Å². The van der Waals surface area contributed by atoms with Crippen molar-refractivity contribution in [2.75, 3.05) is 20.2 Å². The van der Waals surface area contributed by atoms with Gasteiger partial charge in [-0.1, -0.05) is 45.0 Å². The average Bonchev–Trinajstić information content (AvgIpc) is 2.65. The average molecular weight is 383 g/mol. The lowest BCUT2D eigenvalue weighted by atomic mass is 9.96.